The molecule has 6 rings (SSSR count). The van der Waals surface area contributed by atoms with Gasteiger partial charge < -0.3 is 20.0 Å². The minimum atomic E-state index is 0.236. The monoisotopic (exact) mass is 492 g/mol. The Hall–Kier alpha value is -4.09. The highest BCUT2D eigenvalue weighted by Crippen LogP contribution is 2.41. The van der Waals surface area contributed by atoms with Gasteiger partial charge in [-0.25, -0.2) is 9.97 Å². The second-order valence-corrected chi connectivity index (χ2v) is 10.3. The van der Waals surface area contributed by atoms with Crippen molar-refractivity contribution >= 4 is 23.0 Å². The van der Waals surface area contributed by atoms with E-state index in [1.807, 2.05) is 36.7 Å². The van der Waals surface area contributed by atoms with Gasteiger partial charge >= 0.3 is 0 Å². The molecule has 2 aliphatic rings. The summed E-state index contributed by atoms with van der Waals surface area (Å²) in [6.07, 6.45) is 6.31. The fourth-order valence-electron chi connectivity index (χ4n) is 5.59. The molecule has 37 heavy (non-hydrogen) atoms. The fourth-order valence-corrected chi connectivity index (χ4v) is 5.59. The van der Waals surface area contributed by atoms with Crippen LogP contribution in [0.1, 0.15) is 25.3 Å². The van der Waals surface area contributed by atoms with Gasteiger partial charge in [0.25, 0.3) is 0 Å². The maximum atomic E-state index is 9.35. The SMILES string of the molecule is CC1Nc2cc(-c3c(-c4ccc(C#N)cc4)nc(N4CCC(N(C)C)CC4)n4ccnc34)ccc2N1C. The van der Waals surface area contributed by atoms with E-state index in [1.165, 1.54) is 5.69 Å². The Morgan fingerprint density at radius 1 is 1.05 bits per heavy atom. The van der Waals surface area contributed by atoms with Crippen LogP contribution in [-0.4, -0.2) is 65.7 Å². The van der Waals surface area contributed by atoms with Crippen molar-refractivity contribution in [1.82, 2.24) is 19.3 Å². The molecule has 8 nitrogen and oxygen atoms in total. The van der Waals surface area contributed by atoms with E-state index >= 15 is 0 Å². The molecule has 2 aromatic carbocycles. The van der Waals surface area contributed by atoms with Crippen LogP contribution < -0.4 is 15.1 Å². The van der Waals surface area contributed by atoms with E-state index in [1.54, 1.807) is 0 Å². The van der Waals surface area contributed by atoms with Crippen LogP contribution in [0.4, 0.5) is 17.3 Å². The lowest BCUT2D eigenvalue weighted by Crippen LogP contribution is -2.43. The first-order chi connectivity index (χ1) is 17.9. The van der Waals surface area contributed by atoms with E-state index in [0.717, 1.165) is 65.6 Å². The fraction of sp³-hybridized carbons (Fsp3) is 0.345. The van der Waals surface area contributed by atoms with Crippen LogP contribution in [0.2, 0.25) is 0 Å². The largest absolute Gasteiger partial charge is 0.364 e. The summed E-state index contributed by atoms with van der Waals surface area (Å²) >= 11 is 0. The standard InChI is InChI=1S/C29H32N8/c1-19-32-24-17-22(9-10-25(24)35(19)4)26-27(21-7-5-20(18-30)6-8-21)33-29(37-16-13-31-28(26)37)36-14-11-23(12-15-36)34(2)3/h5-10,13,16-17,19,23,32H,11-12,14-15H2,1-4H3. The van der Waals surface area contributed by atoms with Gasteiger partial charge in [0.1, 0.15) is 5.65 Å². The second-order valence-electron chi connectivity index (χ2n) is 10.3. The highest BCUT2D eigenvalue weighted by molar-refractivity contribution is 5.94. The van der Waals surface area contributed by atoms with Gasteiger partial charge in [0, 0.05) is 44.1 Å². The molecule has 188 valence electrons. The summed E-state index contributed by atoms with van der Waals surface area (Å²) in [6, 6.07) is 17.1. The van der Waals surface area contributed by atoms with Crippen molar-refractivity contribution in [3.63, 3.8) is 0 Å². The van der Waals surface area contributed by atoms with Gasteiger partial charge in [0.15, 0.2) is 0 Å². The summed E-state index contributed by atoms with van der Waals surface area (Å²) in [6.45, 7) is 4.05. The van der Waals surface area contributed by atoms with Crippen molar-refractivity contribution in [2.45, 2.75) is 32.0 Å². The summed E-state index contributed by atoms with van der Waals surface area (Å²) in [5.41, 5.74) is 7.73. The molecule has 0 radical (unpaired) electrons. The zero-order valence-electron chi connectivity index (χ0n) is 21.8. The second kappa shape index (κ2) is 9.09. The number of anilines is 3. The summed E-state index contributed by atoms with van der Waals surface area (Å²) < 4.78 is 2.13. The Bertz CT molecular complexity index is 1490. The molecular formula is C29H32N8. The average Bonchev–Trinajstić information content (AvgIpc) is 3.52. The van der Waals surface area contributed by atoms with E-state index in [9.17, 15) is 5.26 Å². The molecule has 2 aromatic heterocycles. The van der Waals surface area contributed by atoms with Gasteiger partial charge in [-0.2, -0.15) is 5.26 Å². The summed E-state index contributed by atoms with van der Waals surface area (Å²) in [5, 5.41) is 12.9. The molecule has 0 aliphatic carbocycles. The number of hydrogen-bond acceptors (Lipinski definition) is 7. The van der Waals surface area contributed by atoms with Crippen LogP contribution in [0.15, 0.2) is 54.9 Å². The predicted octanol–water partition coefficient (Wildman–Crippen LogP) is 4.67. The van der Waals surface area contributed by atoms with Crippen molar-refractivity contribution in [2.24, 2.45) is 0 Å². The summed E-state index contributed by atoms with van der Waals surface area (Å²) in [5.74, 6) is 0.917. The van der Waals surface area contributed by atoms with Crippen molar-refractivity contribution in [1.29, 1.82) is 5.26 Å². The molecule has 2 aliphatic heterocycles. The van der Waals surface area contributed by atoms with Gasteiger partial charge in [-0.3, -0.25) is 4.40 Å². The van der Waals surface area contributed by atoms with Crippen LogP contribution in [-0.2, 0) is 0 Å². The number of hydrogen-bond donors (Lipinski definition) is 1. The van der Waals surface area contributed by atoms with E-state index in [0.29, 0.717) is 11.6 Å². The van der Waals surface area contributed by atoms with E-state index in [2.05, 4.69) is 76.8 Å². The summed E-state index contributed by atoms with van der Waals surface area (Å²) in [7, 11) is 6.43. The molecule has 1 atom stereocenters. The number of imidazole rings is 1. The number of fused-ring (bicyclic) bond motifs is 2. The van der Waals surface area contributed by atoms with E-state index in [4.69, 9.17) is 9.97 Å². The molecule has 0 spiro atoms. The number of rotatable bonds is 4. The molecule has 1 saturated heterocycles. The van der Waals surface area contributed by atoms with Crippen LogP contribution in [0.5, 0.6) is 0 Å². The Morgan fingerprint density at radius 2 is 1.78 bits per heavy atom. The third kappa shape index (κ3) is 3.96. The van der Waals surface area contributed by atoms with Crippen molar-refractivity contribution in [3.05, 3.63) is 60.4 Å². The van der Waals surface area contributed by atoms with Crippen LogP contribution in [0.3, 0.4) is 0 Å². The van der Waals surface area contributed by atoms with Gasteiger partial charge in [0.05, 0.1) is 40.4 Å². The highest BCUT2D eigenvalue weighted by Gasteiger charge is 2.27. The molecule has 0 amide bonds. The minimum absolute atomic E-state index is 0.236. The molecule has 1 N–H and O–H groups in total. The molecule has 4 aromatic rings. The lowest BCUT2D eigenvalue weighted by molar-refractivity contribution is 0.249. The number of piperidine rings is 1. The maximum Gasteiger partial charge on any atom is 0.211 e. The number of nitrogens with zero attached hydrogens (tertiary/aromatic N) is 7. The minimum Gasteiger partial charge on any atom is -0.364 e. The molecule has 0 saturated carbocycles. The maximum absolute atomic E-state index is 9.35. The molecule has 4 heterocycles. The Balaban J connectivity index is 1.53. The van der Waals surface area contributed by atoms with Gasteiger partial charge in [-0.1, -0.05) is 18.2 Å². The first-order valence-electron chi connectivity index (χ1n) is 12.9. The number of nitriles is 1. The highest BCUT2D eigenvalue weighted by atomic mass is 15.3. The van der Waals surface area contributed by atoms with Gasteiger partial charge in [-0.05, 0) is 63.7 Å². The zero-order valence-corrected chi connectivity index (χ0v) is 21.8. The smallest absolute Gasteiger partial charge is 0.211 e. The van der Waals surface area contributed by atoms with Crippen molar-refractivity contribution < 1.29 is 0 Å². The zero-order chi connectivity index (χ0) is 25.7. The molecule has 1 fully saturated rings. The Labute approximate surface area is 217 Å². The van der Waals surface area contributed by atoms with Gasteiger partial charge in [0.2, 0.25) is 5.95 Å². The molecule has 1 unspecified atom stereocenters. The van der Waals surface area contributed by atoms with Gasteiger partial charge in [-0.15, -0.1) is 0 Å². The van der Waals surface area contributed by atoms with E-state index < -0.39 is 0 Å². The first-order valence-corrected chi connectivity index (χ1v) is 12.9. The van der Waals surface area contributed by atoms with Crippen LogP contribution in [0, 0.1) is 11.3 Å². The predicted molar refractivity (Wildman–Crippen MR) is 149 cm³/mol. The lowest BCUT2D eigenvalue weighted by Gasteiger charge is -2.36. The topological polar surface area (TPSA) is 75.7 Å². The average molecular weight is 493 g/mol. The van der Waals surface area contributed by atoms with Crippen LogP contribution in [0.25, 0.3) is 28.0 Å². The number of aromatic nitrogens is 3. The Morgan fingerprint density at radius 3 is 2.49 bits per heavy atom. The van der Waals surface area contributed by atoms with Crippen molar-refractivity contribution in [3.8, 4) is 28.5 Å². The van der Waals surface area contributed by atoms with E-state index in [-0.39, 0.29) is 6.17 Å². The first kappa shape index (κ1) is 23.3. The normalized spacial score (nSPS) is 17.8. The third-order valence-corrected chi connectivity index (χ3v) is 7.90. The molecule has 0 bridgehead atoms. The van der Waals surface area contributed by atoms with Crippen LogP contribution >= 0.6 is 0 Å². The molecule has 8 heteroatoms. The van der Waals surface area contributed by atoms with Crippen molar-refractivity contribution in [2.75, 3.05) is 49.3 Å². The third-order valence-electron chi connectivity index (χ3n) is 7.90. The Kier molecular flexibility index (Phi) is 5.73. The number of nitrogens with one attached hydrogen (secondary N) is 1. The molecular weight excluding hydrogens is 460 g/mol. The lowest BCUT2D eigenvalue weighted by atomic mass is 9.98. The summed E-state index contributed by atoms with van der Waals surface area (Å²) in [4.78, 5) is 17.1. The quantitative estimate of drug-likeness (QED) is 0.444. The number of benzene rings is 2.